The number of methoxy groups -OCH3 is 1. The molecule has 1 aromatic rings. The van der Waals surface area contributed by atoms with Gasteiger partial charge in [-0.2, -0.15) is 0 Å². The Kier molecular flexibility index (Phi) is 8.76. The number of esters is 2. The van der Waals surface area contributed by atoms with E-state index in [1.54, 1.807) is 24.3 Å². The van der Waals surface area contributed by atoms with Crippen molar-refractivity contribution in [1.82, 2.24) is 0 Å². The first-order valence-corrected chi connectivity index (χ1v) is 18.5. The smallest absolute Gasteiger partial charge is 0.331 e. The highest BCUT2D eigenvalue weighted by Crippen LogP contribution is 2.75. The molecule has 0 radical (unpaired) electrons. The lowest BCUT2D eigenvalue weighted by molar-refractivity contribution is -0.212. The SMILES string of the molecule is COc1cc(/C=C/C(=O)O[C@H]2CC[C@@]3(C)C(CC[C@]4(C)C3CC=C3C5CC(C)(C)CC[C@]5(C(=O)O)CC[C@]34C)C2(C)C)ccc1OC(C)=O. The number of carbonyl (C=O) groups is 3. The van der Waals surface area contributed by atoms with E-state index in [0.717, 1.165) is 69.8 Å². The van der Waals surface area contributed by atoms with E-state index in [4.69, 9.17) is 14.2 Å². The number of aliphatic carboxylic acids is 1. The summed E-state index contributed by atoms with van der Waals surface area (Å²) in [6, 6.07) is 5.15. The van der Waals surface area contributed by atoms with Gasteiger partial charge in [-0.3, -0.25) is 9.59 Å². The van der Waals surface area contributed by atoms with Crippen LogP contribution in [0.1, 0.15) is 125 Å². The van der Waals surface area contributed by atoms with Gasteiger partial charge in [0.15, 0.2) is 11.5 Å². The molecule has 0 spiro atoms. The quantitative estimate of drug-likeness (QED) is 0.139. The van der Waals surface area contributed by atoms with Gasteiger partial charge in [-0.05, 0) is 127 Å². The Bertz CT molecular complexity index is 1580. The van der Waals surface area contributed by atoms with Crippen LogP contribution in [0.5, 0.6) is 11.5 Å². The zero-order chi connectivity index (χ0) is 35.8. The van der Waals surface area contributed by atoms with Crippen LogP contribution >= 0.6 is 0 Å². The third kappa shape index (κ3) is 5.56. The third-order valence-corrected chi connectivity index (χ3v) is 15.1. The fraction of sp³-hybridized carbons (Fsp3) is 0.690. The Balaban J connectivity index is 1.22. The van der Waals surface area contributed by atoms with Gasteiger partial charge < -0.3 is 19.3 Å². The number of hydrogen-bond donors (Lipinski definition) is 1. The van der Waals surface area contributed by atoms with Crippen LogP contribution in [0.2, 0.25) is 0 Å². The molecule has 268 valence electrons. The first-order chi connectivity index (χ1) is 22.8. The maximum Gasteiger partial charge on any atom is 0.331 e. The Morgan fingerprint density at radius 2 is 1.59 bits per heavy atom. The van der Waals surface area contributed by atoms with Gasteiger partial charge in [-0.25, -0.2) is 4.79 Å². The number of carboxylic acid groups (broad SMARTS) is 1. The second-order valence-corrected chi connectivity index (χ2v) is 18.3. The number of fused-ring (bicyclic) bond motifs is 7. The van der Waals surface area contributed by atoms with E-state index in [9.17, 15) is 19.5 Å². The molecule has 0 amide bonds. The monoisotopic (exact) mass is 674 g/mol. The van der Waals surface area contributed by atoms with Gasteiger partial charge in [-0.15, -0.1) is 0 Å². The van der Waals surface area contributed by atoms with Gasteiger partial charge >= 0.3 is 17.9 Å². The van der Waals surface area contributed by atoms with Crippen LogP contribution in [-0.4, -0.2) is 36.2 Å². The zero-order valence-electron chi connectivity index (χ0n) is 31.2. The molecule has 6 rings (SSSR count). The summed E-state index contributed by atoms with van der Waals surface area (Å²) in [5, 5.41) is 10.7. The molecular formula is C42H58O7. The molecule has 3 unspecified atom stereocenters. The van der Waals surface area contributed by atoms with Crippen LogP contribution in [0.15, 0.2) is 35.9 Å². The molecule has 7 nitrogen and oxygen atoms in total. The van der Waals surface area contributed by atoms with E-state index in [1.807, 2.05) is 0 Å². The second-order valence-electron chi connectivity index (χ2n) is 18.3. The minimum Gasteiger partial charge on any atom is -0.493 e. The Hall–Kier alpha value is -3.09. The highest BCUT2D eigenvalue weighted by atomic mass is 16.6. The van der Waals surface area contributed by atoms with E-state index >= 15 is 0 Å². The molecule has 49 heavy (non-hydrogen) atoms. The van der Waals surface area contributed by atoms with E-state index in [2.05, 4.69) is 54.5 Å². The Morgan fingerprint density at radius 3 is 2.27 bits per heavy atom. The molecule has 8 atom stereocenters. The molecule has 0 aromatic heterocycles. The predicted octanol–water partition coefficient (Wildman–Crippen LogP) is 9.43. The van der Waals surface area contributed by atoms with Gasteiger partial charge in [0.25, 0.3) is 0 Å². The maximum atomic E-state index is 13.2. The van der Waals surface area contributed by atoms with E-state index in [-0.39, 0.29) is 45.1 Å². The summed E-state index contributed by atoms with van der Waals surface area (Å²) in [5.41, 5.74) is 1.70. The van der Waals surface area contributed by atoms with Crippen LogP contribution in [0.3, 0.4) is 0 Å². The van der Waals surface area contributed by atoms with E-state index in [1.165, 1.54) is 25.7 Å². The lowest BCUT2D eigenvalue weighted by Gasteiger charge is -2.71. The number of carboxylic acids is 1. The molecule has 0 saturated heterocycles. The van der Waals surface area contributed by atoms with Crippen molar-refractivity contribution in [3.8, 4) is 11.5 Å². The number of ether oxygens (including phenoxy) is 3. The fourth-order valence-corrected chi connectivity index (χ4v) is 12.2. The van der Waals surface area contributed by atoms with Gasteiger partial charge in [0, 0.05) is 18.4 Å². The molecule has 0 aliphatic heterocycles. The highest BCUT2D eigenvalue weighted by molar-refractivity contribution is 5.87. The largest absolute Gasteiger partial charge is 0.493 e. The van der Waals surface area contributed by atoms with Crippen molar-refractivity contribution in [3.05, 3.63) is 41.5 Å². The number of rotatable bonds is 6. The summed E-state index contributed by atoms with van der Waals surface area (Å²) in [6.45, 7) is 18.2. The average Bonchev–Trinajstić information content (AvgIpc) is 3.01. The normalized spacial score (nSPS) is 38.9. The summed E-state index contributed by atoms with van der Waals surface area (Å²) >= 11 is 0. The first kappa shape index (κ1) is 35.7. The van der Waals surface area contributed by atoms with Crippen molar-refractivity contribution in [2.75, 3.05) is 7.11 Å². The topological polar surface area (TPSA) is 99.1 Å². The zero-order valence-corrected chi connectivity index (χ0v) is 31.2. The fourth-order valence-electron chi connectivity index (χ4n) is 12.2. The van der Waals surface area contributed by atoms with E-state index < -0.39 is 17.4 Å². The van der Waals surface area contributed by atoms with Crippen LogP contribution in [-0.2, 0) is 19.1 Å². The number of allylic oxidation sites excluding steroid dienone is 2. The minimum atomic E-state index is -0.622. The Morgan fingerprint density at radius 1 is 0.878 bits per heavy atom. The molecule has 5 aliphatic carbocycles. The summed E-state index contributed by atoms with van der Waals surface area (Å²) in [6.07, 6.45) is 15.0. The summed E-state index contributed by atoms with van der Waals surface area (Å²) in [5.74, 6) is 0.383. The van der Waals surface area contributed by atoms with Gasteiger partial charge in [0.1, 0.15) is 6.10 Å². The van der Waals surface area contributed by atoms with Crippen LogP contribution in [0, 0.1) is 50.2 Å². The van der Waals surface area contributed by atoms with Crippen molar-refractivity contribution < 1.29 is 33.7 Å². The van der Waals surface area contributed by atoms with Crippen molar-refractivity contribution in [2.45, 2.75) is 126 Å². The molecular weight excluding hydrogens is 616 g/mol. The molecule has 4 saturated carbocycles. The van der Waals surface area contributed by atoms with E-state index in [0.29, 0.717) is 23.3 Å². The molecule has 4 fully saturated rings. The summed E-state index contributed by atoms with van der Waals surface area (Å²) in [4.78, 5) is 37.6. The average molecular weight is 675 g/mol. The number of benzene rings is 1. The maximum absolute atomic E-state index is 13.2. The van der Waals surface area contributed by atoms with Gasteiger partial charge in [0.2, 0.25) is 0 Å². The second kappa shape index (κ2) is 12.0. The number of carbonyl (C=O) groups excluding carboxylic acids is 2. The van der Waals surface area contributed by atoms with Crippen molar-refractivity contribution in [2.24, 2.45) is 50.2 Å². The van der Waals surface area contributed by atoms with Crippen LogP contribution in [0.25, 0.3) is 6.08 Å². The standard InChI is InChI=1S/C42H58O7/c1-26(43)48-30-13-10-27(24-31(30)47-9)11-15-35(44)49-34-17-18-39(6)32(38(34,4)5)16-19-41(8)33(39)14-12-28-29-25-37(2,3)20-22-42(29,36(45)46)23-21-40(28,41)7/h10-13,15,24,29,32-34H,14,16-23,25H2,1-9H3,(H,45,46)/b15-11+/t29?,32?,33?,34-,39-,40+,41+,42-/m0/s1. The molecule has 0 heterocycles. The van der Waals surface area contributed by atoms with Crippen molar-refractivity contribution >= 4 is 24.0 Å². The van der Waals surface area contributed by atoms with Crippen LogP contribution < -0.4 is 9.47 Å². The third-order valence-electron chi connectivity index (χ3n) is 15.1. The van der Waals surface area contributed by atoms with Gasteiger partial charge in [0.05, 0.1) is 12.5 Å². The van der Waals surface area contributed by atoms with Gasteiger partial charge in [-0.1, -0.05) is 66.2 Å². The summed E-state index contributed by atoms with van der Waals surface area (Å²) in [7, 11) is 1.51. The first-order valence-electron chi connectivity index (χ1n) is 18.5. The molecule has 1 N–H and O–H groups in total. The Labute approximate surface area is 293 Å². The lowest BCUT2D eigenvalue weighted by atomic mass is 9.33. The molecule has 0 bridgehead atoms. The predicted molar refractivity (Wildman–Crippen MR) is 190 cm³/mol. The van der Waals surface area contributed by atoms with Crippen LogP contribution in [0.4, 0.5) is 0 Å². The lowest BCUT2D eigenvalue weighted by Crippen LogP contribution is -2.65. The number of hydrogen-bond acceptors (Lipinski definition) is 6. The molecule has 7 heteroatoms. The van der Waals surface area contributed by atoms with Crippen molar-refractivity contribution in [3.63, 3.8) is 0 Å². The summed E-state index contributed by atoms with van der Waals surface area (Å²) < 4.78 is 16.8. The molecule has 5 aliphatic rings. The minimum absolute atomic E-state index is 0.0156. The van der Waals surface area contributed by atoms with Crippen molar-refractivity contribution in [1.29, 1.82) is 0 Å². The molecule has 1 aromatic carbocycles. The highest BCUT2D eigenvalue weighted by Gasteiger charge is 2.69.